The van der Waals surface area contributed by atoms with E-state index in [1.807, 2.05) is 0 Å². The lowest BCUT2D eigenvalue weighted by molar-refractivity contribution is -0.138. The normalized spacial score (nSPS) is 15.0. The Morgan fingerprint density at radius 3 is 2.64 bits per heavy atom. The highest BCUT2D eigenvalue weighted by Gasteiger charge is 2.32. The van der Waals surface area contributed by atoms with Gasteiger partial charge in [0, 0.05) is 17.1 Å². The van der Waals surface area contributed by atoms with Gasteiger partial charge in [-0.05, 0) is 31.9 Å². The van der Waals surface area contributed by atoms with Crippen molar-refractivity contribution in [1.82, 2.24) is 10.4 Å². The summed E-state index contributed by atoms with van der Waals surface area (Å²) in [4.78, 5) is 38.2. The highest BCUT2D eigenvalue weighted by Crippen LogP contribution is 2.29. The summed E-state index contributed by atoms with van der Waals surface area (Å²) in [5.41, 5.74) is 2.60. The highest BCUT2D eigenvalue weighted by atomic mass is 32.1. The van der Waals surface area contributed by atoms with E-state index >= 15 is 0 Å². The first kappa shape index (κ1) is 16.3. The number of Topliss-reactive ketones (excluding diaryl/α,β-unsaturated/α-hetero) is 1. The topological polar surface area (TPSA) is 111 Å². The summed E-state index contributed by atoms with van der Waals surface area (Å²) in [7, 11) is 0. The second-order valence-corrected chi connectivity index (χ2v) is 6.37. The van der Waals surface area contributed by atoms with E-state index in [0.29, 0.717) is 24.4 Å². The van der Waals surface area contributed by atoms with Crippen molar-refractivity contribution in [3.63, 3.8) is 0 Å². The van der Waals surface area contributed by atoms with E-state index < -0.39 is 11.8 Å². The number of thiophene rings is 1. The van der Waals surface area contributed by atoms with Crippen molar-refractivity contribution in [3.05, 3.63) is 21.4 Å². The van der Waals surface area contributed by atoms with Crippen LogP contribution in [0.4, 0.5) is 0 Å². The maximum Gasteiger partial charge on any atom is 0.284 e. The van der Waals surface area contributed by atoms with E-state index in [9.17, 15) is 14.4 Å². The van der Waals surface area contributed by atoms with E-state index in [-0.39, 0.29) is 17.4 Å². The van der Waals surface area contributed by atoms with E-state index in [2.05, 4.69) is 0 Å². The molecule has 1 aromatic rings. The monoisotopic (exact) mass is 323 g/mol. The zero-order valence-electron chi connectivity index (χ0n) is 12.3. The molecule has 1 aliphatic heterocycles. The van der Waals surface area contributed by atoms with Crippen LogP contribution < -0.4 is 5.48 Å². The van der Waals surface area contributed by atoms with E-state index in [4.69, 9.17) is 10.6 Å². The average Bonchev–Trinajstić information content (AvgIpc) is 2.88. The van der Waals surface area contributed by atoms with E-state index in [1.165, 1.54) is 25.2 Å². The van der Waals surface area contributed by atoms with Crippen LogP contribution in [0.3, 0.4) is 0 Å². The fourth-order valence-electron chi connectivity index (χ4n) is 2.52. The highest BCUT2D eigenvalue weighted by molar-refractivity contribution is 7.14. The summed E-state index contributed by atoms with van der Waals surface area (Å²) in [6, 6.07) is 1.71. The van der Waals surface area contributed by atoms with Gasteiger partial charge in [-0.2, -0.15) is 0 Å². The van der Waals surface area contributed by atoms with Crippen LogP contribution in [-0.2, 0) is 22.6 Å². The first-order chi connectivity index (χ1) is 10.3. The number of carbonyl (C=O) groups is 3. The molecule has 1 aromatic heterocycles. The number of amides is 2. The van der Waals surface area contributed by atoms with E-state index in [1.54, 1.807) is 16.4 Å². The summed E-state index contributed by atoms with van der Waals surface area (Å²) in [5.74, 6) is -2.31. The van der Waals surface area contributed by atoms with Gasteiger partial charge in [0.2, 0.25) is 5.91 Å². The van der Waals surface area contributed by atoms with Crippen LogP contribution in [-0.4, -0.2) is 40.0 Å². The smallest absolute Gasteiger partial charge is 0.284 e. The second kappa shape index (κ2) is 6.37. The molecule has 1 unspecified atom stereocenters. The Kier molecular flexibility index (Phi) is 4.72. The summed E-state index contributed by atoms with van der Waals surface area (Å²) in [6.45, 7) is 3.52. The van der Waals surface area contributed by atoms with E-state index in [0.717, 1.165) is 10.4 Å². The van der Waals surface area contributed by atoms with Crippen molar-refractivity contribution in [3.8, 4) is 0 Å². The van der Waals surface area contributed by atoms with Crippen LogP contribution in [0, 0.1) is 11.3 Å². The van der Waals surface area contributed by atoms with Crippen LogP contribution in [0.25, 0.3) is 0 Å². The number of nitrogens with one attached hydrogen (secondary N) is 2. The third-order valence-electron chi connectivity index (χ3n) is 3.61. The first-order valence-electron chi connectivity index (χ1n) is 6.75. The fraction of sp³-hybridized carbons (Fsp3) is 0.429. The van der Waals surface area contributed by atoms with Crippen LogP contribution in [0.1, 0.15) is 34.0 Å². The van der Waals surface area contributed by atoms with Crippen molar-refractivity contribution in [2.45, 2.75) is 26.8 Å². The van der Waals surface area contributed by atoms with Gasteiger partial charge in [0.1, 0.15) is 11.7 Å². The molecule has 0 aliphatic carbocycles. The Morgan fingerprint density at radius 2 is 2.09 bits per heavy atom. The lowest BCUT2D eigenvalue weighted by Crippen LogP contribution is -2.43. The Morgan fingerprint density at radius 1 is 1.41 bits per heavy atom. The molecule has 7 nitrogen and oxygen atoms in total. The predicted molar refractivity (Wildman–Crippen MR) is 80.3 cm³/mol. The van der Waals surface area contributed by atoms with Gasteiger partial charge < -0.3 is 10.3 Å². The molecule has 1 atom stereocenters. The zero-order chi connectivity index (χ0) is 16.4. The molecule has 1 aliphatic rings. The molecule has 22 heavy (non-hydrogen) atoms. The number of hydrogen-bond acceptors (Lipinski definition) is 6. The minimum Gasteiger partial charge on any atom is -0.336 e. The molecule has 2 rings (SSSR count). The number of ketones is 1. The van der Waals surface area contributed by atoms with Gasteiger partial charge in [0.15, 0.2) is 0 Å². The SMILES string of the molecule is CC(=N)C(C(C)=O)C(=O)N1CCc2cc(C(=O)NO)sc2C1. The van der Waals surface area contributed by atoms with Gasteiger partial charge in [0.25, 0.3) is 5.91 Å². The van der Waals surface area contributed by atoms with Crippen molar-refractivity contribution >= 4 is 34.6 Å². The standard InChI is InChI=1S/C14H17N3O4S/c1-7(15)12(8(2)18)14(20)17-4-3-9-5-10(13(19)16-21)22-11(9)6-17/h5,12,15,21H,3-4,6H2,1-2H3,(H,16,19). The summed E-state index contributed by atoms with van der Waals surface area (Å²) in [5, 5.41) is 16.3. The molecule has 0 radical (unpaired) electrons. The molecule has 118 valence electrons. The number of carbonyl (C=O) groups excluding carboxylic acids is 3. The molecule has 0 fully saturated rings. The molecule has 0 spiro atoms. The van der Waals surface area contributed by atoms with Crippen LogP contribution in [0.2, 0.25) is 0 Å². The van der Waals surface area contributed by atoms with Gasteiger partial charge in [-0.1, -0.05) is 0 Å². The third kappa shape index (κ3) is 3.07. The first-order valence-corrected chi connectivity index (χ1v) is 7.57. The lowest BCUT2D eigenvalue weighted by Gasteiger charge is -2.29. The number of fused-ring (bicyclic) bond motifs is 1. The van der Waals surface area contributed by atoms with Gasteiger partial charge in [-0.15, -0.1) is 11.3 Å². The minimum absolute atomic E-state index is 0.0369. The Bertz CT molecular complexity index is 639. The lowest BCUT2D eigenvalue weighted by atomic mass is 9.97. The summed E-state index contributed by atoms with van der Waals surface area (Å²) < 4.78 is 0. The average molecular weight is 323 g/mol. The van der Waals surface area contributed by atoms with Crippen molar-refractivity contribution in [1.29, 1.82) is 5.41 Å². The van der Waals surface area contributed by atoms with Crippen molar-refractivity contribution < 1.29 is 19.6 Å². The molecule has 3 N–H and O–H groups in total. The molecule has 0 saturated heterocycles. The number of nitrogens with zero attached hydrogens (tertiary/aromatic N) is 1. The molecule has 2 heterocycles. The van der Waals surface area contributed by atoms with Gasteiger partial charge in [0.05, 0.1) is 11.4 Å². The maximum atomic E-state index is 12.4. The molecule has 2 amide bonds. The summed E-state index contributed by atoms with van der Waals surface area (Å²) in [6.07, 6.45) is 0.581. The van der Waals surface area contributed by atoms with Crippen LogP contribution in [0.5, 0.6) is 0 Å². The molecule has 8 heteroatoms. The molecule has 0 bridgehead atoms. The number of hydroxylamine groups is 1. The number of hydrogen-bond donors (Lipinski definition) is 3. The fourth-order valence-corrected chi connectivity index (χ4v) is 3.64. The minimum atomic E-state index is -1.03. The van der Waals surface area contributed by atoms with Crippen molar-refractivity contribution in [2.24, 2.45) is 5.92 Å². The van der Waals surface area contributed by atoms with Crippen LogP contribution in [0.15, 0.2) is 6.07 Å². The molecular formula is C14H17N3O4S. The van der Waals surface area contributed by atoms with Crippen LogP contribution >= 0.6 is 11.3 Å². The molecule has 0 aromatic carbocycles. The zero-order valence-corrected chi connectivity index (χ0v) is 13.1. The van der Waals surface area contributed by atoms with Gasteiger partial charge in [-0.25, -0.2) is 5.48 Å². The molecule has 0 saturated carbocycles. The van der Waals surface area contributed by atoms with Crippen molar-refractivity contribution in [2.75, 3.05) is 6.54 Å². The predicted octanol–water partition coefficient (Wildman–Crippen LogP) is 0.997. The summed E-state index contributed by atoms with van der Waals surface area (Å²) >= 11 is 1.21. The van der Waals surface area contributed by atoms with Gasteiger partial charge >= 0.3 is 0 Å². The van der Waals surface area contributed by atoms with Gasteiger partial charge in [-0.3, -0.25) is 19.6 Å². The maximum absolute atomic E-state index is 12.4. The third-order valence-corrected chi connectivity index (χ3v) is 4.77. The Hall–Kier alpha value is -2.06. The Balaban J connectivity index is 2.19. The second-order valence-electron chi connectivity index (χ2n) is 5.24. The Labute approximate surface area is 131 Å². The quantitative estimate of drug-likeness (QED) is 0.332. The molecular weight excluding hydrogens is 306 g/mol. The number of rotatable bonds is 4. The largest absolute Gasteiger partial charge is 0.336 e.